The molecule has 0 saturated carbocycles. The zero-order valence-corrected chi connectivity index (χ0v) is 13.3. The van der Waals surface area contributed by atoms with Crippen molar-refractivity contribution in [1.29, 1.82) is 5.41 Å². The van der Waals surface area contributed by atoms with Gasteiger partial charge in [-0.1, -0.05) is 0 Å². The van der Waals surface area contributed by atoms with E-state index in [0.29, 0.717) is 17.0 Å². The first-order valence-electron chi connectivity index (χ1n) is 7.91. The van der Waals surface area contributed by atoms with Crippen LogP contribution in [0.25, 0.3) is 11.0 Å². The smallest absolute Gasteiger partial charge is 0.154 e. The second-order valence-electron chi connectivity index (χ2n) is 6.24. The zero-order valence-electron chi connectivity index (χ0n) is 13.3. The topological polar surface area (TPSA) is 83.8 Å². The van der Waals surface area contributed by atoms with Gasteiger partial charge in [-0.05, 0) is 51.4 Å². The van der Waals surface area contributed by atoms with Crippen molar-refractivity contribution >= 4 is 11.0 Å². The van der Waals surface area contributed by atoms with Crippen molar-refractivity contribution in [1.82, 2.24) is 19.4 Å². The third-order valence-electron chi connectivity index (χ3n) is 4.34. The molecule has 2 aromatic heterocycles. The molecule has 1 aliphatic heterocycles. The molecule has 2 aromatic rings. The number of likely N-dealkylation sites (tertiary alicyclic amines) is 1. The van der Waals surface area contributed by atoms with Crippen molar-refractivity contribution in [2.24, 2.45) is 5.73 Å². The van der Waals surface area contributed by atoms with Gasteiger partial charge in [0.15, 0.2) is 5.49 Å². The second-order valence-corrected chi connectivity index (χ2v) is 6.24. The molecule has 1 unspecified atom stereocenters. The van der Waals surface area contributed by atoms with Crippen LogP contribution in [0.4, 0.5) is 0 Å². The van der Waals surface area contributed by atoms with Crippen LogP contribution >= 0.6 is 0 Å². The van der Waals surface area contributed by atoms with Crippen LogP contribution in [0.5, 0.6) is 0 Å². The number of aromatic nitrogens is 3. The van der Waals surface area contributed by atoms with Gasteiger partial charge in [0, 0.05) is 25.3 Å². The highest BCUT2D eigenvalue weighted by molar-refractivity contribution is 5.72. The molecular formula is C16H24N6. The van der Waals surface area contributed by atoms with Gasteiger partial charge in [-0.3, -0.25) is 10.4 Å². The summed E-state index contributed by atoms with van der Waals surface area (Å²) < 4.78 is 1.96. The van der Waals surface area contributed by atoms with Crippen LogP contribution in [0.1, 0.15) is 24.2 Å². The van der Waals surface area contributed by atoms with Crippen molar-refractivity contribution in [3.63, 3.8) is 0 Å². The fourth-order valence-electron chi connectivity index (χ4n) is 3.14. The Balaban J connectivity index is 1.76. The Hall–Kier alpha value is -1.79. The summed E-state index contributed by atoms with van der Waals surface area (Å²) in [5, 5.41) is 8.40. The fourth-order valence-corrected chi connectivity index (χ4v) is 3.14. The molecule has 118 valence electrons. The van der Waals surface area contributed by atoms with Crippen molar-refractivity contribution in [3.8, 4) is 0 Å². The molecule has 0 radical (unpaired) electrons. The molecule has 1 aliphatic rings. The van der Waals surface area contributed by atoms with E-state index in [0.717, 1.165) is 55.9 Å². The summed E-state index contributed by atoms with van der Waals surface area (Å²) in [6.07, 6.45) is 3.90. The molecule has 6 heteroatoms. The molecule has 1 atom stereocenters. The Morgan fingerprint density at radius 2 is 2.18 bits per heavy atom. The van der Waals surface area contributed by atoms with Crippen LogP contribution < -0.4 is 11.2 Å². The van der Waals surface area contributed by atoms with E-state index in [4.69, 9.17) is 11.1 Å². The maximum Gasteiger partial charge on any atom is 0.154 e. The number of hydrogen-bond acceptors (Lipinski definition) is 5. The van der Waals surface area contributed by atoms with Crippen LogP contribution in [-0.2, 0) is 6.54 Å². The van der Waals surface area contributed by atoms with Crippen molar-refractivity contribution in [2.45, 2.75) is 39.3 Å². The molecule has 0 aliphatic carbocycles. The van der Waals surface area contributed by atoms with Crippen LogP contribution in [0, 0.1) is 19.3 Å². The predicted octanol–water partition coefficient (Wildman–Crippen LogP) is 0.951. The van der Waals surface area contributed by atoms with E-state index >= 15 is 0 Å². The SMILES string of the molecule is Cc1cnc2c(=N)n(CCCN3CCC(N)C3)c(C)nc2c1. The van der Waals surface area contributed by atoms with E-state index < -0.39 is 0 Å². The molecular weight excluding hydrogens is 276 g/mol. The lowest BCUT2D eigenvalue weighted by Gasteiger charge is -2.17. The molecule has 0 bridgehead atoms. The quantitative estimate of drug-likeness (QED) is 0.880. The van der Waals surface area contributed by atoms with Gasteiger partial charge in [-0.15, -0.1) is 0 Å². The molecule has 0 aromatic carbocycles. The first kappa shape index (κ1) is 15.1. The standard InChI is InChI=1S/C16H24N6/c1-11-8-14-15(19-9-11)16(18)22(12(2)20-14)6-3-5-21-7-4-13(17)10-21/h8-9,13,18H,3-7,10,17H2,1-2H3. The summed E-state index contributed by atoms with van der Waals surface area (Å²) in [4.78, 5) is 11.4. The molecule has 0 spiro atoms. The maximum absolute atomic E-state index is 8.40. The molecule has 22 heavy (non-hydrogen) atoms. The Morgan fingerprint density at radius 1 is 1.36 bits per heavy atom. The van der Waals surface area contributed by atoms with Crippen molar-refractivity contribution in [2.75, 3.05) is 19.6 Å². The Bertz CT molecular complexity index is 735. The minimum absolute atomic E-state index is 0.330. The first-order chi connectivity index (χ1) is 10.5. The van der Waals surface area contributed by atoms with Gasteiger partial charge >= 0.3 is 0 Å². The Kier molecular flexibility index (Phi) is 4.22. The van der Waals surface area contributed by atoms with Gasteiger partial charge in [0.2, 0.25) is 0 Å². The summed E-state index contributed by atoms with van der Waals surface area (Å²) in [5.41, 5.74) is 8.96. The molecule has 3 N–H and O–H groups in total. The van der Waals surface area contributed by atoms with Gasteiger partial charge in [0.05, 0.1) is 5.52 Å². The lowest BCUT2D eigenvalue weighted by Crippen LogP contribution is -2.30. The van der Waals surface area contributed by atoms with Crippen LogP contribution in [0.15, 0.2) is 12.3 Å². The van der Waals surface area contributed by atoms with E-state index in [-0.39, 0.29) is 0 Å². The fraction of sp³-hybridized carbons (Fsp3) is 0.562. The third-order valence-corrected chi connectivity index (χ3v) is 4.34. The first-order valence-corrected chi connectivity index (χ1v) is 7.91. The molecule has 6 nitrogen and oxygen atoms in total. The summed E-state index contributed by atoms with van der Waals surface area (Å²) in [5.74, 6) is 0.878. The van der Waals surface area contributed by atoms with Crippen LogP contribution in [-0.4, -0.2) is 45.1 Å². The van der Waals surface area contributed by atoms with Gasteiger partial charge < -0.3 is 15.2 Å². The van der Waals surface area contributed by atoms with E-state index in [1.54, 1.807) is 6.20 Å². The van der Waals surface area contributed by atoms with E-state index in [1.165, 1.54) is 0 Å². The summed E-state index contributed by atoms with van der Waals surface area (Å²) >= 11 is 0. The van der Waals surface area contributed by atoms with Crippen LogP contribution in [0.2, 0.25) is 0 Å². The minimum atomic E-state index is 0.330. The lowest BCUT2D eigenvalue weighted by molar-refractivity contribution is 0.319. The number of nitrogens with zero attached hydrogens (tertiary/aromatic N) is 4. The molecule has 1 saturated heterocycles. The van der Waals surface area contributed by atoms with E-state index in [2.05, 4.69) is 14.9 Å². The molecule has 3 heterocycles. The van der Waals surface area contributed by atoms with Gasteiger partial charge in [-0.25, -0.2) is 4.98 Å². The highest BCUT2D eigenvalue weighted by Gasteiger charge is 2.18. The minimum Gasteiger partial charge on any atom is -0.326 e. The van der Waals surface area contributed by atoms with Gasteiger partial charge in [0.1, 0.15) is 11.3 Å². The van der Waals surface area contributed by atoms with Gasteiger partial charge in [0.25, 0.3) is 0 Å². The number of fused-ring (bicyclic) bond motifs is 1. The zero-order chi connectivity index (χ0) is 15.7. The maximum atomic E-state index is 8.40. The van der Waals surface area contributed by atoms with E-state index in [1.807, 2.05) is 24.5 Å². The van der Waals surface area contributed by atoms with Crippen molar-refractivity contribution < 1.29 is 0 Å². The predicted molar refractivity (Wildman–Crippen MR) is 86.5 cm³/mol. The highest BCUT2D eigenvalue weighted by Crippen LogP contribution is 2.10. The summed E-state index contributed by atoms with van der Waals surface area (Å²) in [6.45, 7) is 7.87. The monoisotopic (exact) mass is 300 g/mol. The largest absolute Gasteiger partial charge is 0.326 e. The summed E-state index contributed by atoms with van der Waals surface area (Å²) in [6, 6.07) is 2.32. The normalized spacial score (nSPS) is 19.1. The molecule has 0 amide bonds. The average molecular weight is 300 g/mol. The average Bonchev–Trinajstić information content (AvgIpc) is 2.87. The second kappa shape index (κ2) is 6.14. The third kappa shape index (κ3) is 3.03. The number of rotatable bonds is 4. The van der Waals surface area contributed by atoms with Crippen LogP contribution in [0.3, 0.4) is 0 Å². The number of aryl methyl sites for hydroxylation is 2. The van der Waals surface area contributed by atoms with Crippen molar-refractivity contribution in [3.05, 3.63) is 29.1 Å². The Labute approximate surface area is 130 Å². The van der Waals surface area contributed by atoms with E-state index in [9.17, 15) is 0 Å². The lowest BCUT2D eigenvalue weighted by atomic mass is 10.2. The highest BCUT2D eigenvalue weighted by atomic mass is 15.2. The summed E-state index contributed by atoms with van der Waals surface area (Å²) in [7, 11) is 0. The number of nitrogens with two attached hydrogens (primary N) is 1. The Morgan fingerprint density at radius 3 is 2.91 bits per heavy atom. The molecule has 3 rings (SSSR count). The van der Waals surface area contributed by atoms with Gasteiger partial charge in [-0.2, -0.15) is 0 Å². The number of pyridine rings is 1. The molecule has 1 fully saturated rings. The number of nitrogens with one attached hydrogen (secondary N) is 1. The number of hydrogen-bond donors (Lipinski definition) is 2.